The van der Waals surface area contributed by atoms with Crippen molar-refractivity contribution in [3.05, 3.63) is 22.7 Å². The molecule has 0 radical (unpaired) electrons. The Balaban J connectivity index is 2.21. The van der Waals surface area contributed by atoms with E-state index < -0.39 is 0 Å². The SMILES string of the molecule is CCN(CC)CCC[C@H](C)NC(=O)/C=C\c1nccs1. The number of thiazole rings is 1. The molecule has 0 aliphatic heterocycles. The van der Waals surface area contributed by atoms with Crippen molar-refractivity contribution < 1.29 is 4.79 Å². The van der Waals surface area contributed by atoms with Crippen molar-refractivity contribution in [1.29, 1.82) is 0 Å². The lowest BCUT2D eigenvalue weighted by molar-refractivity contribution is -0.117. The van der Waals surface area contributed by atoms with Crippen molar-refractivity contribution in [1.82, 2.24) is 15.2 Å². The fourth-order valence-corrected chi connectivity index (χ4v) is 2.52. The number of rotatable bonds is 9. The van der Waals surface area contributed by atoms with Crippen molar-refractivity contribution in [3.8, 4) is 0 Å². The number of aromatic nitrogens is 1. The molecular weight excluding hydrogens is 270 g/mol. The number of hydrogen-bond acceptors (Lipinski definition) is 4. The van der Waals surface area contributed by atoms with Crippen LogP contribution < -0.4 is 5.32 Å². The van der Waals surface area contributed by atoms with E-state index in [-0.39, 0.29) is 11.9 Å². The highest BCUT2D eigenvalue weighted by molar-refractivity contribution is 7.10. The van der Waals surface area contributed by atoms with Gasteiger partial charge in [0.25, 0.3) is 0 Å². The van der Waals surface area contributed by atoms with Crippen molar-refractivity contribution in [3.63, 3.8) is 0 Å². The second kappa shape index (κ2) is 9.66. The van der Waals surface area contributed by atoms with Crippen LogP contribution in [0.25, 0.3) is 6.08 Å². The topological polar surface area (TPSA) is 45.2 Å². The number of carbonyl (C=O) groups excluding carboxylic acids is 1. The zero-order valence-corrected chi connectivity index (χ0v) is 13.4. The lowest BCUT2D eigenvalue weighted by Crippen LogP contribution is -2.32. The zero-order chi connectivity index (χ0) is 14.8. The van der Waals surface area contributed by atoms with Gasteiger partial charge in [0, 0.05) is 23.7 Å². The average Bonchev–Trinajstić information content (AvgIpc) is 2.94. The van der Waals surface area contributed by atoms with Crippen molar-refractivity contribution in [2.75, 3.05) is 19.6 Å². The molecule has 1 rings (SSSR count). The number of carbonyl (C=O) groups is 1. The predicted octanol–water partition coefficient (Wildman–Crippen LogP) is 2.78. The van der Waals surface area contributed by atoms with Crippen LogP contribution in [0.2, 0.25) is 0 Å². The molecule has 0 bridgehead atoms. The van der Waals surface area contributed by atoms with E-state index in [2.05, 4.69) is 36.0 Å². The van der Waals surface area contributed by atoms with Crippen LogP contribution in [0.4, 0.5) is 0 Å². The summed E-state index contributed by atoms with van der Waals surface area (Å²) in [5.41, 5.74) is 0. The predicted molar refractivity (Wildman–Crippen MR) is 85.8 cm³/mol. The molecule has 112 valence electrons. The summed E-state index contributed by atoms with van der Waals surface area (Å²) in [6.45, 7) is 9.69. The molecule has 4 nitrogen and oxygen atoms in total. The van der Waals surface area contributed by atoms with E-state index in [4.69, 9.17) is 0 Å². The van der Waals surface area contributed by atoms with Gasteiger partial charge in [-0.3, -0.25) is 4.79 Å². The van der Waals surface area contributed by atoms with Crippen LogP contribution in [0.1, 0.15) is 38.6 Å². The Labute approximate surface area is 125 Å². The smallest absolute Gasteiger partial charge is 0.244 e. The van der Waals surface area contributed by atoms with Gasteiger partial charge >= 0.3 is 0 Å². The Kier molecular flexibility index (Phi) is 8.14. The van der Waals surface area contributed by atoms with Gasteiger partial charge in [-0.15, -0.1) is 11.3 Å². The normalized spacial score (nSPS) is 13.0. The van der Waals surface area contributed by atoms with E-state index in [1.165, 1.54) is 11.3 Å². The van der Waals surface area contributed by atoms with E-state index in [1.54, 1.807) is 18.3 Å². The second-order valence-electron chi connectivity index (χ2n) is 4.78. The molecule has 1 atom stereocenters. The van der Waals surface area contributed by atoms with Crippen LogP contribution >= 0.6 is 11.3 Å². The van der Waals surface area contributed by atoms with Crippen molar-refractivity contribution >= 4 is 23.3 Å². The Bertz CT molecular complexity index is 399. The largest absolute Gasteiger partial charge is 0.350 e. The Hall–Kier alpha value is -1.20. The minimum Gasteiger partial charge on any atom is -0.350 e. The summed E-state index contributed by atoms with van der Waals surface area (Å²) in [5, 5.41) is 5.74. The molecule has 0 fully saturated rings. The maximum absolute atomic E-state index is 11.7. The second-order valence-corrected chi connectivity index (χ2v) is 5.71. The molecule has 0 aliphatic rings. The van der Waals surface area contributed by atoms with Gasteiger partial charge in [-0.1, -0.05) is 13.8 Å². The van der Waals surface area contributed by atoms with Crippen LogP contribution in [-0.2, 0) is 4.79 Å². The minimum absolute atomic E-state index is 0.0458. The molecule has 1 aromatic heterocycles. The number of hydrogen-bond donors (Lipinski definition) is 1. The quantitative estimate of drug-likeness (QED) is 0.713. The van der Waals surface area contributed by atoms with Gasteiger partial charge in [0.05, 0.1) is 0 Å². The summed E-state index contributed by atoms with van der Waals surface area (Å²) in [6, 6.07) is 0.207. The van der Waals surface area contributed by atoms with E-state index in [0.29, 0.717) is 0 Å². The average molecular weight is 295 g/mol. The third kappa shape index (κ3) is 6.82. The van der Waals surface area contributed by atoms with Crippen LogP contribution in [0.5, 0.6) is 0 Å². The molecule has 0 saturated heterocycles. The molecule has 0 saturated carbocycles. The van der Waals surface area contributed by atoms with E-state index in [1.807, 2.05) is 5.38 Å². The standard InChI is InChI=1S/C15H25N3OS/c1-4-18(5-2)11-6-7-13(3)17-14(19)8-9-15-16-10-12-20-15/h8-10,12-13H,4-7,11H2,1-3H3,(H,17,19)/b9-8-/t13-/m0/s1. The van der Waals surface area contributed by atoms with E-state index in [0.717, 1.165) is 37.5 Å². The van der Waals surface area contributed by atoms with Gasteiger partial charge in [0.15, 0.2) is 0 Å². The summed E-state index contributed by atoms with van der Waals surface area (Å²) < 4.78 is 0. The van der Waals surface area contributed by atoms with Gasteiger partial charge in [-0.25, -0.2) is 4.98 Å². The molecule has 20 heavy (non-hydrogen) atoms. The Morgan fingerprint density at radius 2 is 2.25 bits per heavy atom. The van der Waals surface area contributed by atoms with Gasteiger partial charge in [-0.2, -0.15) is 0 Å². The van der Waals surface area contributed by atoms with Gasteiger partial charge in [0.2, 0.25) is 5.91 Å². The first kappa shape index (κ1) is 16.9. The maximum atomic E-state index is 11.7. The summed E-state index contributed by atoms with van der Waals surface area (Å²) in [4.78, 5) is 18.2. The lowest BCUT2D eigenvalue weighted by atomic mass is 10.1. The Morgan fingerprint density at radius 1 is 1.50 bits per heavy atom. The summed E-state index contributed by atoms with van der Waals surface area (Å²) in [7, 11) is 0. The molecule has 1 N–H and O–H groups in total. The first-order valence-electron chi connectivity index (χ1n) is 7.26. The van der Waals surface area contributed by atoms with Crippen LogP contribution in [0, 0.1) is 0 Å². The molecular formula is C15H25N3OS. The number of amides is 1. The fraction of sp³-hybridized carbons (Fsp3) is 0.600. The molecule has 1 amide bonds. The first-order chi connectivity index (χ1) is 9.65. The lowest BCUT2D eigenvalue weighted by Gasteiger charge is -2.19. The first-order valence-corrected chi connectivity index (χ1v) is 8.14. The monoisotopic (exact) mass is 295 g/mol. The van der Waals surface area contributed by atoms with Gasteiger partial charge < -0.3 is 10.2 Å². The maximum Gasteiger partial charge on any atom is 0.244 e. The third-order valence-electron chi connectivity index (χ3n) is 3.22. The van der Waals surface area contributed by atoms with Crippen molar-refractivity contribution in [2.24, 2.45) is 0 Å². The third-order valence-corrected chi connectivity index (χ3v) is 3.96. The van der Waals surface area contributed by atoms with Crippen molar-refractivity contribution in [2.45, 2.75) is 39.7 Å². The minimum atomic E-state index is -0.0458. The summed E-state index contributed by atoms with van der Waals surface area (Å²) in [6.07, 6.45) is 7.16. The van der Waals surface area contributed by atoms with Crippen LogP contribution in [-0.4, -0.2) is 41.5 Å². The fourth-order valence-electron chi connectivity index (χ4n) is 1.99. The molecule has 5 heteroatoms. The molecule has 0 aliphatic carbocycles. The summed E-state index contributed by atoms with van der Waals surface area (Å²) >= 11 is 1.52. The molecule has 0 spiro atoms. The molecule has 1 heterocycles. The highest BCUT2D eigenvalue weighted by atomic mass is 32.1. The number of nitrogens with one attached hydrogen (secondary N) is 1. The van der Waals surface area contributed by atoms with E-state index in [9.17, 15) is 4.79 Å². The highest BCUT2D eigenvalue weighted by Crippen LogP contribution is 2.05. The van der Waals surface area contributed by atoms with Crippen LogP contribution in [0.15, 0.2) is 17.7 Å². The Morgan fingerprint density at radius 3 is 2.85 bits per heavy atom. The van der Waals surface area contributed by atoms with Gasteiger partial charge in [-0.05, 0) is 45.5 Å². The molecule has 0 aromatic carbocycles. The number of nitrogens with zero attached hydrogens (tertiary/aromatic N) is 2. The molecule has 0 unspecified atom stereocenters. The zero-order valence-electron chi connectivity index (χ0n) is 12.6. The van der Waals surface area contributed by atoms with Crippen LogP contribution in [0.3, 0.4) is 0 Å². The van der Waals surface area contributed by atoms with Gasteiger partial charge in [0.1, 0.15) is 5.01 Å². The van der Waals surface area contributed by atoms with E-state index >= 15 is 0 Å². The summed E-state index contributed by atoms with van der Waals surface area (Å²) in [5.74, 6) is -0.0458. The molecule has 1 aromatic rings. The highest BCUT2D eigenvalue weighted by Gasteiger charge is 2.06.